The van der Waals surface area contributed by atoms with Gasteiger partial charge in [0.2, 0.25) is 5.91 Å². The minimum Gasteiger partial charge on any atom is -0.493 e. The summed E-state index contributed by atoms with van der Waals surface area (Å²) in [6, 6.07) is 10.7. The molecule has 1 atom stereocenters. The van der Waals surface area contributed by atoms with E-state index in [0.717, 1.165) is 63.4 Å². The number of methoxy groups -OCH3 is 2. The summed E-state index contributed by atoms with van der Waals surface area (Å²) >= 11 is 0. The Hall–Kier alpha value is -2.97. The van der Waals surface area contributed by atoms with Gasteiger partial charge in [-0.25, -0.2) is 4.79 Å². The molecule has 2 amide bonds. The van der Waals surface area contributed by atoms with Crippen LogP contribution in [0.15, 0.2) is 30.3 Å². The van der Waals surface area contributed by atoms with Crippen LogP contribution in [-0.2, 0) is 30.5 Å². The largest absolute Gasteiger partial charge is 0.493 e. The van der Waals surface area contributed by atoms with E-state index >= 15 is 0 Å². The molecule has 4 rings (SSSR count). The Bertz CT molecular complexity index is 1120. The Labute approximate surface area is 238 Å². The van der Waals surface area contributed by atoms with Crippen LogP contribution in [0.25, 0.3) is 0 Å². The first-order valence-corrected chi connectivity index (χ1v) is 13.6. The SMILES string of the molecule is CCN(CCc1ccc2c(c1)CC2CN(C)CCC(=O)N1CCc2cc(OC)c(OC)cc2CC1)C(=O)O.Cl. The van der Waals surface area contributed by atoms with Crippen molar-refractivity contribution in [3.8, 4) is 11.5 Å². The summed E-state index contributed by atoms with van der Waals surface area (Å²) in [5.41, 5.74) is 6.40. The zero-order valence-electron chi connectivity index (χ0n) is 23.6. The molecule has 8 nitrogen and oxygen atoms in total. The van der Waals surface area contributed by atoms with E-state index in [4.69, 9.17) is 9.47 Å². The number of carbonyl (C=O) groups excluding carboxylic acids is 1. The summed E-state index contributed by atoms with van der Waals surface area (Å²) in [6.45, 7) is 6.03. The summed E-state index contributed by atoms with van der Waals surface area (Å²) in [7, 11) is 5.40. The van der Waals surface area contributed by atoms with Crippen molar-refractivity contribution < 1.29 is 24.2 Å². The molecule has 0 bridgehead atoms. The Morgan fingerprint density at radius 2 is 1.64 bits per heavy atom. The molecule has 0 spiro atoms. The number of benzene rings is 2. The van der Waals surface area contributed by atoms with Gasteiger partial charge in [0, 0.05) is 51.6 Å². The van der Waals surface area contributed by atoms with E-state index in [2.05, 4.69) is 30.1 Å². The number of carbonyl (C=O) groups is 2. The van der Waals surface area contributed by atoms with Crippen molar-refractivity contribution in [2.24, 2.45) is 0 Å². The molecule has 0 saturated carbocycles. The second kappa shape index (κ2) is 13.9. The number of hydrogen-bond donors (Lipinski definition) is 1. The van der Waals surface area contributed by atoms with Gasteiger partial charge < -0.3 is 29.3 Å². The van der Waals surface area contributed by atoms with Gasteiger partial charge in [-0.3, -0.25) is 4.79 Å². The summed E-state index contributed by atoms with van der Waals surface area (Å²) in [6.07, 6.45) is 3.09. The van der Waals surface area contributed by atoms with E-state index in [9.17, 15) is 14.7 Å². The number of hydrogen-bond acceptors (Lipinski definition) is 5. The van der Waals surface area contributed by atoms with Crippen molar-refractivity contribution in [3.63, 3.8) is 0 Å². The lowest BCUT2D eigenvalue weighted by atomic mass is 9.76. The Morgan fingerprint density at radius 3 is 2.18 bits per heavy atom. The smallest absolute Gasteiger partial charge is 0.407 e. The molecular weight excluding hydrogens is 518 g/mol. The molecule has 39 heavy (non-hydrogen) atoms. The first-order valence-electron chi connectivity index (χ1n) is 13.6. The number of fused-ring (bicyclic) bond motifs is 2. The lowest BCUT2D eigenvalue weighted by molar-refractivity contribution is -0.131. The third-order valence-electron chi connectivity index (χ3n) is 8.04. The number of ether oxygens (including phenoxy) is 2. The van der Waals surface area contributed by atoms with Gasteiger partial charge in [0.15, 0.2) is 11.5 Å². The summed E-state index contributed by atoms with van der Waals surface area (Å²) in [4.78, 5) is 30.0. The summed E-state index contributed by atoms with van der Waals surface area (Å²) in [5.74, 6) is 2.18. The van der Waals surface area contributed by atoms with E-state index in [-0.39, 0.29) is 18.3 Å². The van der Waals surface area contributed by atoms with Crippen LogP contribution in [0.2, 0.25) is 0 Å². The zero-order valence-corrected chi connectivity index (χ0v) is 24.4. The fraction of sp³-hybridized carbons (Fsp3) is 0.533. The van der Waals surface area contributed by atoms with Gasteiger partial charge in [0.1, 0.15) is 0 Å². The van der Waals surface area contributed by atoms with Gasteiger partial charge >= 0.3 is 6.09 Å². The molecule has 1 N–H and O–H groups in total. The average molecular weight is 560 g/mol. The molecular formula is C30H42ClN3O5. The molecule has 0 saturated heterocycles. The van der Waals surface area contributed by atoms with E-state index in [1.807, 2.05) is 24.0 Å². The Balaban J connectivity index is 0.00000420. The number of likely N-dealkylation sites (N-methyl/N-ethyl adjacent to an activating group) is 2. The molecule has 0 radical (unpaired) electrons. The first kappa shape index (κ1) is 30.6. The predicted molar refractivity (Wildman–Crippen MR) is 155 cm³/mol. The second-order valence-corrected chi connectivity index (χ2v) is 10.4. The molecule has 2 aromatic rings. The maximum Gasteiger partial charge on any atom is 0.407 e. The van der Waals surface area contributed by atoms with E-state index < -0.39 is 6.09 Å². The van der Waals surface area contributed by atoms with E-state index in [1.54, 1.807) is 14.2 Å². The third-order valence-corrected chi connectivity index (χ3v) is 8.04. The quantitative estimate of drug-likeness (QED) is 0.443. The summed E-state index contributed by atoms with van der Waals surface area (Å²) in [5, 5.41) is 9.21. The zero-order chi connectivity index (χ0) is 27.2. The van der Waals surface area contributed by atoms with Crippen LogP contribution in [0.3, 0.4) is 0 Å². The monoisotopic (exact) mass is 559 g/mol. The number of rotatable bonds is 11. The first-order chi connectivity index (χ1) is 18.3. The van der Waals surface area contributed by atoms with Crippen molar-refractivity contribution in [2.75, 3.05) is 60.5 Å². The lowest BCUT2D eigenvalue weighted by Crippen LogP contribution is -2.37. The van der Waals surface area contributed by atoms with Gasteiger partial charge in [-0.15, -0.1) is 12.4 Å². The van der Waals surface area contributed by atoms with Crippen LogP contribution in [0.4, 0.5) is 4.79 Å². The van der Waals surface area contributed by atoms with Crippen LogP contribution in [0.1, 0.15) is 47.1 Å². The van der Waals surface area contributed by atoms with Gasteiger partial charge in [0.25, 0.3) is 0 Å². The maximum atomic E-state index is 13.0. The standard InChI is InChI=1S/C30H41N3O5.ClH/c1-5-32(30(35)36)13-8-21-6-7-26-24(16-21)17-25(26)20-31(2)12-11-29(34)33-14-9-22-18-27(37-3)28(38-4)19-23(22)10-15-33;/h6-7,16,18-19,25H,5,8-15,17,20H2,1-4H3,(H,35,36);1H. The van der Waals surface area contributed by atoms with E-state index in [0.29, 0.717) is 25.4 Å². The van der Waals surface area contributed by atoms with Crippen molar-refractivity contribution in [1.29, 1.82) is 0 Å². The molecule has 2 aliphatic rings. The average Bonchev–Trinajstić information content (AvgIpc) is 3.11. The molecule has 2 aromatic carbocycles. The van der Waals surface area contributed by atoms with Gasteiger partial charge in [-0.05, 0) is 79.6 Å². The van der Waals surface area contributed by atoms with Crippen molar-refractivity contribution in [2.45, 2.75) is 44.9 Å². The molecule has 1 heterocycles. The third kappa shape index (κ3) is 7.37. The van der Waals surface area contributed by atoms with Crippen molar-refractivity contribution in [1.82, 2.24) is 14.7 Å². The van der Waals surface area contributed by atoms with Gasteiger partial charge in [0.05, 0.1) is 14.2 Å². The molecule has 1 aliphatic heterocycles. The Morgan fingerprint density at radius 1 is 1.00 bits per heavy atom. The van der Waals surface area contributed by atoms with Gasteiger partial charge in [-0.2, -0.15) is 0 Å². The fourth-order valence-corrected chi connectivity index (χ4v) is 5.66. The highest BCUT2D eigenvalue weighted by atomic mass is 35.5. The molecule has 0 fully saturated rings. The fourth-order valence-electron chi connectivity index (χ4n) is 5.66. The van der Waals surface area contributed by atoms with Crippen LogP contribution < -0.4 is 9.47 Å². The Kier molecular flexibility index (Phi) is 10.9. The maximum absolute atomic E-state index is 13.0. The van der Waals surface area contributed by atoms with Gasteiger partial charge in [-0.1, -0.05) is 18.2 Å². The molecule has 214 valence electrons. The van der Waals surface area contributed by atoms with Crippen LogP contribution in [0, 0.1) is 0 Å². The highest BCUT2D eigenvalue weighted by molar-refractivity contribution is 5.85. The number of halogens is 1. The van der Waals surface area contributed by atoms with Crippen LogP contribution in [0.5, 0.6) is 11.5 Å². The number of nitrogens with zero attached hydrogens (tertiary/aromatic N) is 3. The molecule has 9 heteroatoms. The molecule has 0 aromatic heterocycles. The van der Waals surface area contributed by atoms with Crippen LogP contribution >= 0.6 is 12.4 Å². The van der Waals surface area contributed by atoms with Crippen molar-refractivity contribution in [3.05, 3.63) is 58.1 Å². The normalized spacial score (nSPS) is 15.8. The minimum absolute atomic E-state index is 0. The summed E-state index contributed by atoms with van der Waals surface area (Å²) < 4.78 is 10.9. The lowest BCUT2D eigenvalue weighted by Gasteiger charge is -2.34. The van der Waals surface area contributed by atoms with Crippen LogP contribution in [-0.4, -0.2) is 92.3 Å². The highest BCUT2D eigenvalue weighted by Gasteiger charge is 2.28. The molecule has 1 aliphatic carbocycles. The highest BCUT2D eigenvalue weighted by Crippen LogP contribution is 2.36. The number of carboxylic acid groups (broad SMARTS) is 1. The second-order valence-electron chi connectivity index (χ2n) is 10.4. The topological polar surface area (TPSA) is 82.5 Å². The predicted octanol–water partition coefficient (Wildman–Crippen LogP) is 4.26. The molecule has 1 unspecified atom stereocenters. The minimum atomic E-state index is -0.861. The van der Waals surface area contributed by atoms with Crippen molar-refractivity contribution >= 4 is 24.4 Å². The van der Waals surface area contributed by atoms with E-state index in [1.165, 1.54) is 32.7 Å². The number of amides is 2.